The number of aromatic nitrogens is 1. The normalized spacial score (nSPS) is 11.1. The molecule has 0 unspecified atom stereocenters. The first-order valence-corrected chi connectivity index (χ1v) is 8.32. The van der Waals surface area contributed by atoms with Gasteiger partial charge >= 0.3 is 0 Å². The van der Waals surface area contributed by atoms with Gasteiger partial charge in [0, 0.05) is 10.9 Å². The molecule has 0 spiro atoms. The molecule has 2 N–H and O–H groups in total. The first-order chi connectivity index (χ1) is 12.1. The summed E-state index contributed by atoms with van der Waals surface area (Å²) in [5, 5.41) is 12.5. The van der Waals surface area contributed by atoms with Crippen LogP contribution >= 0.6 is 11.3 Å². The van der Waals surface area contributed by atoms with Crippen LogP contribution in [0.3, 0.4) is 0 Å². The summed E-state index contributed by atoms with van der Waals surface area (Å²) in [5.41, 5.74) is 0.119. The number of nitrogens with one attached hydrogen (secondary N) is 1. The zero-order chi connectivity index (χ0) is 17.6. The standard InChI is InChI=1S/C19H11F2NO2S/c20-12-7-4-8-13(21)15(12)11-9-25-19-16(11)17(23)14(18(24)22-19)10-5-2-1-3-6-10/h1-9H,(H2,22,23,24). The maximum atomic E-state index is 14.2. The second kappa shape index (κ2) is 5.82. The van der Waals surface area contributed by atoms with Crippen LogP contribution in [-0.4, -0.2) is 10.1 Å². The van der Waals surface area contributed by atoms with E-state index in [0.29, 0.717) is 10.4 Å². The van der Waals surface area contributed by atoms with E-state index in [9.17, 15) is 18.7 Å². The average Bonchev–Trinajstić information content (AvgIpc) is 2.99. The molecule has 0 aliphatic carbocycles. The summed E-state index contributed by atoms with van der Waals surface area (Å²) in [5.74, 6) is -1.75. The summed E-state index contributed by atoms with van der Waals surface area (Å²) >= 11 is 1.11. The first kappa shape index (κ1) is 15.5. The summed E-state index contributed by atoms with van der Waals surface area (Å²) < 4.78 is 28.4. The summed E-state index contributed by atoms with van der Waals surface area (Å²) in [7, 11) is 0. The van der Waals surface area contributed by atoms with Gasteiger partial charge in [-0.2, -0.15) is 0 Å². The summed E-state index contributed by atoms with van der Waals surface area (Å²) in [6.07, 6.45) is 0. The summed E-state index contributed by atoms with van der Waals surface area (Å²) in [4.78, 5) is 15.4. The number of pyridine rings is 1. The van der Waals surface area contributed by atoms with E-state index in [-0.39, 0.29) is 27.8 Å². The molecule has 124 valence electrons. The molecule has 3 nitrogen and oxygen atoms in total. The zero-order valence-electron chi connectivity index (χ0n) is 12.7. The largest absolute Gasteiger partial charge is 0.506 e. The molecule has 0 amide bonds. The lowest BCUT2D eigenvalue weighted by molar-refractivity contribution is 0.483. The third-order valence-electron chi connectivity index (χ3n) is 4.01. The Kier molecular flexibility index (Phi) is 3.62. The van der Waals surface area contributed by atoms with Gasteiger partial charge in [-0.3, -0.25) is 4.79 Å². The molecule has 25 heavy (non-hydrogen) atoms. The van der Waals surface area contributed by atoms with Crippen molar-refractivity contribution in [3.8, 4) is 28.0 Å². The van der Waals surface area contributed by atoms with Gasteiger partial charge in [0.25, 0.3) is 5.56 Å². The molecule has 0 aliphatic heterocycles. The molecule has 0 saturated heterocycles. The van der Waals surface area contributed by atoms with Crippen LogP contribution in [0.1, 0.15) is 0 Å². The lowest BCUT2D eigenvalue weighted by atomic mass is 10.00. The molecule has 0 aliphatic rings. The second-order valence-electron chi connectivity index (χ2n) is 5.49. The van der Waals surface area contributed by atoms with E-state index in [0.717, 1.165) is 23.5 Å². The van der Waals surface area contributed by atoms with Gasteiger partial charge in [0.15, 0.2) is 0 Å². The summed E-state index contributed by atoms with van der Waals surface area (Å²) in [6, 6.07) is 12.2. The molecule has 0 bridgehead atoms. The highest BCUT2D eigenvalue weighted by molar-refractivity contribution is 7.17. The van der Waals surface area contributed by atoms with E-state index < -0.39 is 17.2 Å². The maximum absolute atomic E-state index is 14.2. The minimum atomic E-state index is -0.730. The molecule has 2 aromatic heterocycles. The maximum Gasteiger partial charge on any atom is 0.260 e. The number of aromatic hydroxyl groups is 1. The average molecular weight is 355 g/mol. The predicted octanol–water partition coefficient (Wildman–Crippen LogP) is 4.91. The minimum Gasteiger partial charge on any atom is -0.506 e. The van der Waals surface area contributed by atoms with E-state index in [1.165, 1.54) is 11.4 Å². The molecular weight excluding hydrogens is 344 g/mol. The fourth-order valence-corrected chi connectivity index (χ4v) is 3.84. The highest BCUT2D eigenvalue weighted by atomic mass is 32.1. The molecule has 0 fully saturated rings. The molecule has 0 saturated carbocycles. The van der Waals surface area contributed by atoms with Crippen molar-refractivity contribution in [2.45, 2.75) is 0 Å². The van der Waals surface area contributed by atoms with Gasteiger partial charge in [0.2, 0.25) is 0 Å². The van der Waals surface area contributed by atoms with Gasteiger partial charge in [0.05, 0.1) is 16.5 Å². The number of rotatable bonds is 2. The van der Waals surface area contributed by atoms with Crippen LogP contribution in [0.2, 0.25) is 0 Å². The van der Waals surface area contributed by atoms with Gasteiger partial charge in [-0.15, -0.1) is 11.3 Å². The monoisotopic (exact) mass is 355 g/mol. The number of halogens is 2. The van der Waals surface area contributed by atoms with Gasteiger partial charge in [-0.25, -0.2) is 8.78 Å². The highest BCUT2D eigenvalue weighted by Crippen LogP contribution is 2.42. The van der Waals surface area contributed by atoms with E-state index in [1.54, 1.807) is 30.3 Å². The van der Waals surface area contributed by atoms with Crippen molar-refractivity contribution >= 4 is 21.6 Å². The molecule has 2 heterocycles. The first-order valence-electron chi connectivity index (χ1n) is 7.44. The third kappa shape index (κ3) is 2.42. The molecule has 6 heteroatoms. The molecule has 4 rings (SSSR count). The number of hydrogen-bond acceptors (Lipinski definition) is 3. The topological polar surface area (TPSA) is 53.1 Å². The molecular formula is C19H11F2NO2S. The van der Waals surface area contributed by atoms with Crippen LogP contribution in [0.15, 0.2) is 58.7 Å². The number of H-pyrrole nitrogens is 1. The van der Waals surface area contributed by atoms with Crippen molar-refractivity contribution in [3.05, 3.63) is 75.9 Å². The molecule has 2 aromatic carbocycles. The minimum absolute atomic E-state index is 0.0736. The smallest absolute Gasteiger partial charge is 0.260 e. The lowest BCUT2D eigenvalue weighted by Crippen LogP contribution is -2.08. The number of fused-ring (bicyclic) bond motifs is 1. The summed E-state index contributed by atoms with van der Waals surface area (Å²) in [6.45, 7) is 0. The molecule has 4 aromatic rings. The van der Waals surface area contributed by atoms with Crippen LogP contribution in [-0.2, 0) is 0 Å². The number of benzene rings is 2. The highest BCUT2D eigenvalue weighted by Gasteiger charge is 2.22. The van der Waals surface area contributed by atoms with Gasteiger partial charge in [-0.05, 0) is 17.7 Å². The zero-order valence-corrected chi connectivity index (χ0v) is 13.5. The number of hydrogen-bond donors (Lipinski definition) is 2. The van der Waals surface area contributed by atoms with Crippen molar-refractivity contribution in [3.63, 3.8) is 0 Å². The fourth-order valence-electron chi connectivity index (χ4n) is 2.89. The van der Waals surface area contributed by atoms with Crippen LogP contribution < -0.4 is 5.56 Å². The Labute approximate surface area is 144 Å². The predicted molar refractivity (Wildman–Crippen MR) is 94.9 cm³/mol. The lowest BCUT2D eigenvalue weighted by Gasteiger charge is -2.08. The Bertz CT molecular complexity index is 1130. The number of thiophene rings is 1. The van der Waals surface area contributed by atoms with Crippen molar-refractivity contribution in [1.29, 1.82) is 0 Å². The van der Waals surface area contributed by atoms with Gasteiger partial charge in [0.1, 0.15) is 22.2 Å². The third-order valence-corrected chi connectivity index (χ3v) is 4.91. The van der Waals surface area contributed by atoms with Gasteiger partial charge in [-0.1, -0.05) is 36.4 Å². The Morgan fingerprint density at radius 3 is 2.28 bits per heavy atom. The van der Waals surface area contributed by atoms with Crippen molar-refractivity contribution in [1.82, 2.24) is 4.98 Å². The second-order valence-corrected chi connectivity index (χ2v) is 6.37. The van der Waals surface area contributed by atoms with Crippen molar-refractivity contribution < 1.29 is 13.9 Å². The van der Waals surface area contributed by atoms with E-state index in [4.69, 9.17) is 0 Å². The SMILES string of the molecule is O=c1[nH]c2scc(-c3c(F)cccc3F)c2c(O)c1-c1ccccc1. The Hall–Kier alpha value is -2.99. The molecule has 0 atom stereocenters. The Balaban J connectivity index is 2.09. The van der Waals surface area contributed by atoms with E-state index in [2.05, 4.69) is 4.98 Å². The Morgan fingerprint density at radius 1 is 0.920 bits per heavy atom. The quantitative estimate of drug-likeness (QED) is 0.537. The van der Waals surface area contributed by atoms with Crippen LogP contribution in [0.4, 0.5) is 8.78 Å². The fraction of sp³-hybridized carbons (Fsp3) is 0. The molecule has 0 radical (unpaired) electrons. The van der Waals surface area contributed by atoms with Crippen molar-refractivity contribution in [2.75, 3.05) is 0 Å². The van der Waals surface area contributed by atoms with Gasteiger partial charge < -0.3 is 10.1 Å². The van der Waals surface area contributed by atoms with Crippen LogP contribution in [0, 0.1) is 11.6 Å². The van der Waals surface area contributed by atoms with E-state index in [1.807, 2.05) is 0 Å². The Morgan fingerprint density at radius 2 is 1.60 bits per heavy atom. The van der Waals surface area contributed by atoms with Crippen LogP contribution in [0.25, 0.3) is 32.5 Å². The van der Waals surface area contributed by atoms with Crippen LogP contribution in [0.5, 0.6) is 5.75 Å². The van der Waals surface area contributed by atoms with E-state index >= 15 is 0 Å². The van der Waals surface area contributed by atoms with Crippen molar-refractivity contribution in [2.24, 2.45) is 0 Å². The number of aromatic amines is 1.